The fourth-order valence-corrected chi connectivity index (χ4v) is 2.58. The molecule has 0 unspecified atom stereocenters. The number of likely N-dealkylation sites (tertiary alicyclic amines) is 1. The lowest BCUT2D eigenvalue weighted by Gasteiger charge is -2.38. The topological polar surface area (TPSA) is 15.7 Å². The van der Waals surface area contributed by atoms with Crippen molar-refractivity contribution in [2.24, 2.45) is 0 Å². The van der Waals surface area contributed by atoms with E-state index in [1.54, 1.807) is 0 Å². The zero-order valence-corrected chi connectivity index (χ0v) is 10.4. The molecule has 3 heteroatoms. The van der Waals surface area contributed by atoms with Gasteiger partial charge >= 0.3 is 0 Å². The second-order valence-electron chi connectivity index (χ2n) is 4.87. The smallest absolute Gasteiger partial charge is 0.141 e. The van der Waals surface area contributed by atoms with Crippen LogP contribution < -0.4 is 0 Å². The summed E-state index contributed by atoms with van der Waals surface area (Å²) in [6.45, 7) is 7.95. The third-order valence-corrected chi connectivity index (χ3v) is 3.67. The largest absolute Gasteiger partial charge is 0.486 e. The van der Waals surface area contributed by atoms with Gasteiger partial charge in [-0.3, -0.25) is 4.90 Å². The molecule has 92 valence electrons. The molecule has 2 aliphatic rings. The Kier molecular flexibility index (Phi) is 4.67. The maximum atomic E-state index is 5.36. The van der Waals surface area contributed by atoms with E-state index in [4.69, 9.17) is 4.74 Å². The monoisotopic (exact) mass is 224 g/mol. The molecule has 0 radical (unpaired) electrons. The summed E-state index contributed by atoms with van der Waals surface area (Å²) in [6, 6.07) is 0.739. The van der Waals surface area contributed by atoms with Crippen molar-refractivity contribution < 1.29 is 4.74 Å². The lowest BCUT2D eigenvalue weighted by atomic mass is 10.0. The van der Waals surface area contributed by atoms with Crippen molar-refractivity contribution in [1.29, 1.82) is 0 Å². The van der Waals surface area contributed by atoms with Gasteiger partial charge in [0.1, 0.15) is 6.73 Å². The molecular weight excluding hydrogens is 200 g/mol. The van der Waals surface area contributed by atoms with Crippen LogP contribution in [0.1, 0.15) is 32.6 Å². The van der Waals surface area contributed by atoms with Crippen molar-refractivity contribution >= 4 is 0 Å². The number of ether oxygens (including phenoxy) is 1. The van der Waals surface area contributed by atoms with Crippen molar-refractivity contribution in [3.8, 4) is 0 Å². The molecule has 0 amide bonds. The quantitative estimate of drug-likeness (QED) is 0.727. The van der Waals surface area contributed by atoms with Crippen LogP contribution in [0.4, 0.5) is 0 Å². The number of hydrogen-bond acceptors (Lipinski definition) is 3. The van der Waals surface area contributed by atoms with Gasteiger partial charge in [-0.1, -0.05) is 13.3 Å². The first kappa shape index (κ1) is 11.9. The summed E-state index contributed by atoms with van der Waals surface area (Å²) in [5, 5.41) is 0. The fourth-order valence-electron chi connectivity index (χ4n) is 2.58. The number of unbranched alkanes of at least 4 members (excludes halogenated alkanes) is 1. The summed E-state index contributed by atoms with van der Waals surface area (Å²) in [4.78, 5) is 5.07. The van der Waals surface area contributed by atoms with Crippen molar-refractivity contribution in [3.63, 3.8) is 0 Å². The Morgan fingerprint density at radius 3 is 2.75 bits per heavy atom. The van der Waals surface area contributed by atoms with Crippen LogP contribution in [0.25, 0.3) is 0 Å². The minimum atomic E-state index is 0.739. The molecule has 2 heterocycles. The molecule has 0 aromatic rings. The highest BCUT2D eigenvalue weighted by molar-refractivity contribution is 4.87. The van der Waals surface area contributed by atoms with Crippen LogP contribution >= 0.6 is 0 Å². The van der Waals surface area contributed by atoms with Gasteiger partial charge in [-0.15, -0.1) is 0 Å². The highest BCUT2D eigenvalue weighted by atomic mass is 16.5. The van der Waals surface area contributed by atoms with Crippen molar-refractivity contribution in [2.75, 3.05) is 32.9 Å². The minimum Gasteiger partial charge on any atom is -0.486 e. The van der Waals surface area contributed by atoms with Crippen LogP contribution in [0.2, 0.25) is 0 Å². The average molecular weight is 224 g/mol. The number of rotatable bonds is 4. The van der Waals surface area contributed by atoms with E-state index in [0.717, 1.165) is 19.3 Å². The summed E-state index contributed by atoms with van der Waals surface area (Å²) >= 11 is 0. The Hall–Kier alpha value is -0.540. The second kappa shape index (κ2) is 6.26. The number of nitrogens with zero attached hydrogens (tertiary/aromatic N) is 2. The lowest BCUT2D eigenvalue weighted by Crippen LogP contribution is -2.46. The molecule has 0 atom stereocenters. The van der Waals surface area contributed by atoms with Gasteiger partial charge in [0.15, 0.2) is 0 Å². The second-order valence-corrected chi connectivity index (χ2v) is 4.87. The SMILES string of the molecule is CCCCN1CCC(N2CC=COC2)CC1. The van der Waals surface area contributed by atoms with E-state index in [-0.39, 0.29) is 0 Å². The van der Waals surface area contributed by atoms with Crippen molar-refractivity contribution in [1.82, 2.24) is 9.80 Å². The molecule has 2 rings (SSSR count). The lowest BCUT2D eigenvalue weighted by molar-refractivity contribution is 0.0231. The van der Waals surface area contributed by atoms with Gasteiger partial charge in [0.2, 0.25) is 0 Å². The molecule has 16 heavy (non-hydrogen) atoms. The van der Waals surface area contributed by atoms with E-state index in [9.17, 15) is 0 Å². The average Bonchev–Trinajstić information content (AvgIpc) is 2.38. The Bertz CT molecular complexity index is 222. The number of hydrogen-bond donors (Lipinski definition) is 0. The molecule has 0 bridgehead atoms. The van der Waals surface area contributed by atoms with E-state index >= 15 is 0 Å². The molecule has 3 nitrogen and oxygen atoms in total. The van der Waals surface area contributed by atoms with Gasteiger partial charge in [-0.25, -0.2) is 0 Å². The highest BCUT2D eigenvalue weighted by Gasteiger charge is 2.24. The summed E-state index contributed by atoms with van der Waals surface area (Å²) < 4.78 is 5.36. The van der Waals surface area contributed by atoms with E-state index in [2.05, 4.69) is 22.8 Å². The van der Waals surface area contributed by atoms with Gasteiger partial charge in [-0.2, -0.15) is 0 Å². The Balaban J connectivity index is 1.70. The van der Waals surface area contributed by atoms with E-state index in [0.29, 0.717) is 0 Å². The molecule has 0 aromatic carbocycles. The molecule has 0 N–H and O–H groups in total. The van der Waals surface area contributed by atoms with E-state index in [1.807, 2.05) is 6.26 Å². The highest BCUT2D eigenvalue weighted by Crippen LogP contribution is 2.18. The normalized spacial score (nSPS) is 24.6. The first-order valence-electron chi connectivity index (χ1n) is 6.63. The maximum Gasteiger partial charge on any atom is 0.141 e. The van der Waals surface area contributed by atoms with Crippen LogP contribution in [-0.4, -0.2) is 48.8 Å². The molecule has 2 aliphatic heterocycles. The fraction of sp³-hybridized carbons (Fsp3) is 0.846. The van der Waals surface area contributed by atoms with Crippen LogP contribution in [-0.2, 0) is 4.74 Å². The summed E-state index contributed by atoms with van der Waals surface area (Å²) in [6.07, 6.45) is 9.21. The molecule has 0 spiro atoms. The minimum absolute atomic E-state index is 0.739. The Labute approximate surface area is 99.1 Å². The maximum absolute atomic E-state index is 5.36. The van der Waals surface area contributed by atoms with Gasteiger partial charge < -0.3 is 9.64 Å². The summed E-state index contributed by atoms with van der Waals surface area (Å²) in [5.41, 5.74) is 0. The first-order chi connectivity index (χ1) is 7.90. The van der Waals surface area contributed by atoms with Crippen LogP contribution in [0, 0.1) is 0 Å². The van der Waals surface area contributed by atoms with Crippen LogP contribution in [0.5, 0.6) is 0 Å². The van der Waals surface area contributed by atoms with Crippen LogP contribution in [0.15, 0.2) is 12.3 Å². The molecular formula is C13H24N2O. The molecule has 0 aliphatic carbocycles. The molecule has 1 saturated heterocycles. The van der Waals surface area contributed by atoms with Gasteiger partial charge in [0.05, 0.1) is 6.26 Å². The molecule has 1 fully saturated rings. The predicted octanol–water partition coefficient (Wildman–Crippen LogP) is 2.05. The van der Waals surface area contributed by atoms with E-state index in [1.165, 1.54) is 45.3 Å². The van der Waals surface area contributed by atoms with Gasteiger partial charge in [0.25, 0.3) is 0 Å². The third-order valence-electron chi connectivity index (χ3n) is 3.67. The van der Waals surface area contributed by atoms with Crippen molar-refractivity contribution in [3.05, 3.63) is 12.3 Å². The Morgan fingerprint density at radius 2 is 2.12 bits per heavy atom. The molecule has 0 saturated carbocycles. The van der Waals surface area contributed by atoms with Gasteiger partial charge in [0, 0.05) is 12.6 Å². The predicted molar refractivity (Wildman–Crippen MR) is 66.2 cm³/mol. The summed E-state index contributed by atoms with van der Waals surface area (Å²) in [7, 11) is 0. The standard InChI is InChI=1S/C13H24N2O/c1-2-3-7-14-9-5-13(6-10-14)15-8-4-11-16-12-15/h4,11,13H,2-3,5-10,12H2,1H3. The summed E-state index contributed by atoms with van der Waals surface area (Å²) in [5.74, 6) is 0. The third kappa shape index (κ3) is 3.22. The first-order valence-corrected chi connectivity index (χ1v) is 6.63. The van der Waals surface area contributed by atoms with Gasteiger partial charge in [-0.05, 0) is 45.0 Å². The Morgan fingerprint density at radius 1 is 1.31 bits per heavy atom. The zero-order valence-electron chi connectivity index (χ0n) is 10.4. The van der Waals surface area contributed by atoms with Crippen molar-refractivity contribution in [2.45, 2.75) is 38.6 Å². The van der Waals surface area contributed by atoms with Crippen LogP contribution in [0.3, 0.4) is 0 Å². The van der Waals surface area contributed by atoms with E-state index < -0.39 is 0 Å². The molecule has 0 aromatic heterocycles. The zero-order chi connectivity index (χ0) is 11.2. The number of piperidine rings is 1.